The largest absolute Gasteiger partial charge is 0.490 e. The Kier molecular flexibility index (Phi) is 6.54. The van der Waals surface area contributed by atoms with Gasteiger partial charge in [-0.15, -0.1) is 0 Å². The van der Waals surface area contributed by atoms with Gasteiger partial charge in [0.1, 0.15) is 6.61 Å². The molecule has 0 aliphatic carbocycles. The monoisotopic (exact) mass is 253 g/mol. The third kappa shape index (κ3) is 4.55. The summed E-state index contributed by atoms with van der Waals surface area (Å²) in [6.45, 7) is 8.03. The Labute approximate surface area is 109 Å². The van der Waals surface area contributed by atoms with E-state index in [1.54, 1.807) is 0 Å². The number of benzene rings is 1. The molecular formula is C14H23NO3. The van der Waals surface area contributed by atoms with Crippen LogP contribution in [0.15, 0.2) is 18.2 Å². The Morgan fingerprint density at radius 2 is 1.94 bits per heavy atom. The molecule has 1 aromatic rings. The van der Waals surface area contributed by atoms with Crippen molar-refractivity contribution >= 4 is 0 Å². The Hall–Kier alpha value is -1.26. The Balaban J connectivity index is 2.65. The second-order valence-electron chi connectivity index (χ2n) is 4.15. The van der Waals surface area contributed by atoms with Crippen LogP contribution >= 0.6 is 0 Å². The van der Waals surface area contributed by atoms with Crippen LogP contribution in [0.1, 0.15) is 26.3 Å². The van der Waals surface area contributed by atoms with Gasteiger partial charge in [0.25, 0.3) is 0 Å². The predicted octanol–water partition coefficient (Wildman–Crippen LogP) is 2.35. The molecule has 0 spiro atoms. The normalized spacial score (nSPS) is 10.7. The van der Waals surface area contributed by atoms with Crippen LogP contribution in [-0.2, 0) is 11.3 Å². The van der Waals surface area contributed by atoms with E-state index >= 15 is 0 Å². The molecule has 4 heteroatoms. The van der Waals surface area contributed by atoms with Crippen LogP contribution in [-0.4, -0.2) is 25.9 Å². The van der Waals surface area contributed by atoms with Gasteiger partial charge in [-0.2, -0.15) is 0 Å². The number of para-hydroxylation sites is 1. The first-order valence-electron chi connectivity index (χ1n) is 6.38. The standard InChI is InChI=1S/C14H23NO3/c1-4-16-13-7-5-6-12(10-15)14(13)18-9-8-17-11(2)3/h5-7,11H,4,8-10,15H2,1-3H3. The van der Waals surface area contributed by atoms with Gasteiger partial charge < -0.3 is 19.9 Å². The molecule has 0 bridgehead atoms. The fourth-order valence-electron chi connectivity index (χ4n) is 1.58. The van der Waals surface area contributed by atoms with Crippen molar-refractivity contribution in [3.63, 3.8) is 0 Å². The molecule has 4 nitrogen and oxygen atoms in total. The first-order chi connectivity index (χ1) is 8.69. The Morgan fingerprint density at radius 1 is 1.17 bits per heavy atom. The van der Waals surface area contributed by atoms with Crippen molar-refractivity contribution in [1.82, 2.24) is 0 Å². The third-order valence-corrected chi connectivity index (χ3v) is 2.36. The van der Waals surface area contributed by atoms with Crippen LogP contribution in [0.25, 0.3) is 0 Å². The maximum absolute atomic E-state index is 5.73. The van der Waals surface area contributed by atoms with Crippen molar-refractivity contribution in [1.29, 1.82) is 0 Å². The predicted molar refractivity (Wildman–Crippen MR) is 72.1 cm³/mol. The van der Waals surface area contributed by atoms with Gasteiger partial charge in [-0.25, -0.2) is 0 Å². The van der Waals surface area contributed by atoms with E-state index in [1.165, 1.54) is 0 Å². The lowest BCUT2D eigenvalue weighted by Gasteiger charge is -2.15. The van der Waals surface area contributed by atoms with E-state index < -0.39 is 0 Å². The van der Waals surface area contributed by atoms with Gasteiger partial charge in [0.2, 0.25) is 0 Å². The minimum absolute atomic E-state index is 0.213. The number of rotatable bonds is 8. The highest BCUT2D eigenvalue weighted by molar-refractivity contribution is 5.46. The van der Waals surface area contributed by atoms with Crippen molar-refractivity contribution < 1.29 is 14.2 Å². The maximum atomic E-state index is 5.73. The molecule has 1 aromatic carbocycles. The molecule has 0 fully saturated rings. The van der Waals surface area contributed by atoms with E-state index in [1.807, 2.05) is 39.0 Å². The molecule has 0 aliphatic heterocycles. The fraction of sp³-hybridized carbons (Fsp3) is 0.571. The summed E-state index contributed by atoms with van der Waals surface area (Å²) < 4.78 is 16.7. The Morgan fingerprint density at radius 3 is 2.56 bits per heavy atom. The van der Waals surface area contributed by atoms with E-state index in [0.717, 1.165) is 17.1 Å². The summed E-state index contributed by atoms with van der Waals surface area (Å²) in [7, 11) is 0. The van der Waals surface area contributed by atoms with Gasteiger partial charge in [0.05, 0.1) is 19.3 Å². The van der Waals surface area contributed by atoms with Gasteiger partial charge in [-0.1, -0.05) is 12.1 Å². The summed E-state index contributed by atoms with van der Waals surface area (Å²) >= 11 is 0. The molecule has 1 rings (SSSR count). The first kappa shape index (κ1) is 14.8. The molecule has 0 saturated heterocycles. The van der Waals surface area contributed by atoms with E-state index in [-0.39, 0.29) is 6.10 Å². The number of nitrogens with two attached hydrogens (primary N) is 1. The molecule has 0 unspecified atom stereocenters. The van der Waals surface area contributed by atoms with Gasteiger partial charge in [0, 0.05) is 12.1 Å². The van der Waals surface area contributed by atoms with Crippen LogP contribution in [0, 0.1) is 0 Å². The molecule has 18 heavy (non-hydrogen) atoms. The molecular weight excluding hydrogens is 230 g/mol. The summed E-state index contributed by atoms with van der Waals surface area (Å²) in [6.07, 6.45) is 0.213. The van der Waals surface area contributed by atoms with Crippen LogP contribution < -0.4 is 15.2 Å². The molecule has 0 heterocycles. The van der Waals surface area contributed by atoms with Gasteiger partial charge in [-0.3, -0.25) is 0 Å². The average molecular weight is 253 g/mol. The highest BCUT2D eigenvalue weighted by Crippen LogP contribution is 2.31. The number of hydrogen-bond donors (Lipinski definition) is 1. The number of ether oxygens (including phenoxy) is 3. The van der Waals surface area contributed by atoms with E-state index in [9.17, 15) is 0 Å². The van der Waals surface area contributed by atoms with E-state index in [0.29, 0.717) is 26.4 Å². The molecule has 0 radical (unpaired) electrons. The van der Waals surface area contributed by atoms with Crippen molar-refractivity contribution in [2.75, 3.05) is 19.8 Å². The summed E-state index contributed by atoms with van der Waals surface area (Å²) in [5.41, 5.74) is 6.65. The van der Waals surface area contributed by atoms with Crippen molar-refractivity contribution in [3.05, 3.63) is 23.8 Å². The summed E-state index contributed by atoms with van der Waals surface area (Å²) in [6, 6.07) is 5.76. The topological polar surface area (TPSA) is 53.7 Å². The summed E-state index contributed by atoms with van der Waals surface area (Å²) in [5, 5.41) is 0. The second-order valence-corrected chi connectivity index (χ2v) is 4.15. The lowest BCUT2D eigenvalue weighted by atomic mass is 10.2. The van der Waals surface area contributed by atoms with Crippen molar-refractivity contribution in [2.45, 2.75) is 33.4 Å². The summed E-state index contributed by atoms with van der Waals surface area (Å²) in [4.78, 5) is 0. The molecule has 0 amide bonds. The molecule has 0 aliphatic rings. The van der Waals surface area contributed by atoms with Gasteiger partial charge in [-0.05, 0) is 26.8 Å². The lowest BCUT2D eigenvalue weighted by Crippen LogP contribution is -2.13. The van der Waals surface area contributed by atoms with Gasteiger partial charge in [0.15, 0.2) is 11.5 Å². The third-order valence-electron chi connectivity index (χ3n) is 2.36. The quantitative estimate of drug-likeness (QED) is 0.723. The molecule has 2 N–H and O–H groups in total. The number of hydrogen-bond acceptors (Lipinski definition) is 4. The zero-order valence-corrected chi connectivity index (χ0v) is 11.4. The lowest BCUT2D eigenvalue weighted by molar-refractivity contribution is 0.0543. The smallest absolute Gasteiger partial charge is 0.165 e. The van der Waals surface area contributed by atoms with Gasteiger partial charge >= 0.3 is 0 Å². The molecule has 0 aromatic heterocycles. The Bertz CT molecular complexity index is 353. The minimum atomic E-state index is 0.213. The average Bonchev–Trinajstić information content (AvgIpc) is 2.35. The first-order valence-corrected chi connectivity index (χ1v) is 6.38. The maximum Gasteiger partial charge on any atom is 0.165 e. The minimum Gasteiger partial charge on any atom is -0.490 e. The molecule has 0 saturated carbocycles. The van der Waals surface area contributed by atoms with Crippen molar-refractivity contribution in [3.8, 4) is 11.5 Å². The highest BCUT2D eigenvalue weighted by atomic mass is 16.5. The summed E-state index contributed by atoms with van der Waals surface area (Å²) in [5.74, 6) is 1.47. The van der Waals surface area contributed by atoms with Crippen LogP contribution in [0.5, 0.6) is 11.5 Å². The molecule has 0 atom stereocenters. The highest BCUT2D eigenvalue weighted by Gasteiger charge is 2.09. The van der Waals surface area contributed by atoms with Crippen LogP contribution in [0.2, 0.25) is 0 Å². The van der Waals surface area contributed by atoms with Crippen LogP contribution in [0.3, 0.4) is 0 Å². The second kappa shape index (κ2) is 7.95. The van der Waals surface area contributed by atoms with E-state index in [2.05, 4.69) is 0 Å². The SMILES string of the molecule is CCOc1cccc(CN)c1OCCOC(C)C. The zero-order valence-electron chi connectivity index (χ0n) is 11.4. The van der Waals surface area contributed by atoms with Crippen LogP contribution in [0.4, 0.5) is 0 Å². The molecule has 102 valence electrons. The van der Waals surface area contributed by atoms with E-state index in [4.69, 9.17) is 19.9 Å². The fourth-order valence-corrected chi connectivity index (χ4v) is 1.58. The zero-order chi connectivity index (χ0) is 13.4. The van der Waals surface area contributed by atoms with Crippen molar-refractivity contribution in [2.24, 2.45) is 5.73 Å².